The molecule has 3 nitrogen and oxygen atoms in total. The lowest BCUT2D eigenvalue weighted by Gasteiger charge is -2.12. The third kappa shape index (κ3) is 4.06. The zero-order chi connectivity index (χ0) is 33.5. The maximum absolute atomic E-state index is 2.50. The largest absolute Gasteiger partial charge is 0.309 e. The summed E-state index contributed by atoms with van der Waals surface area (Å²) in [7, 11) is 0. The standard InChI is InChI=1S/C48H31N3/c1-3-14-32(15-4-1)33-26-28-35(29-27-33)49-43-23-12-9-20-38(43)48-44(49)24-13-25-45(48)51-42-22-11-8-19-37(42)40-30-46-39(31-47(40)51)36-18-7-10-21-41(36)50(46)34-16-5-2-6-17-34/h1-31H. The van der Waals surface area contributed by atoms with E-state index in [0.717, 1.165) is 5.69 Å². The summed E-state index contributed by atoms with van der Waals surface area (Å²) in [5, 5.41) is 7.48. The second kappa shape index (κ2) is 10.8. The third-order valence-corrected chi connectivity index (χ3v) is 10.6. The molecule has 0 radical (unpaired) electrons. The van der Waals surface area contributed by atoms with Crippen LogP contribution in [-0.2, 0) is 0 Å². The Morgan fingerprint density at radius 2 is 0.706 bits per heavy atom. The van der Waals surface area contributed by atoms with E-state index >= 15 is 0 Å². The van der Waals surface area contributed by atoms with Gasteiger partial charge in [-0.05, 0) is 77.9 Å². The van der Waals surface area contributed by atoms with Crippen molar-refractivity contribution in [1.29, 1.82) is 0 Å². The highest BCUT2D eigenvalue weighted by Gasteiger charge is 2.21. The van der Waals surface area contributed by atoms with Gasteiger partial charge in [-0.15, -0.1) is 0 Å². The van der Waals surface area contributed by atoms with Crippen molar-refractivity contribution in [2.45, 2.75) is 0 Å². The average Bonchev–Trinajstić information content (AvgIpc) is 3.83. The Morgan fingerprint density at radius 1 is 0.255 bits per heavy atom. The number of benzene rings is 8. The highest BCUT2D eigenvalue weighted by molar-refractivity contribution is 6.21. The van der Waals surface area contributed by atoms with Crippen LogP contribution in [0.1, 0.15) is 0 Å². The van der Waals surface area contributed by atoms with E-state index in [4.69, 9.17) is 0 Å². The molecule has 3 heterocycles. The van der Waals surface area contributed by atoms with Gasteiger partial charge < -0.3 is 13.7 Å². The molecule has 51 heavy (non-hydrogen) atoms. The Hall–Kier alpha value is -6.84. The zero-order valence-electron chi connectivity index (χ0n) is 27.7. The molecular weight excluding hydrogens is 619 g/mol. The second-order valence-electron chi connectivity index (χ2n) is 13.4. The van der Waals surface area contributed by atoms with Crippen molar-refractivity contribution in [2.24, 2.45) is 0 Å². The van der Waals surface area contributed by atoms with Crippen molar-refractivity contribution < 1.29 is 0 Å². The molecule has 0 atom stereocenters. The van der Waals surface area contributed by atoms with Gasteiger partial charge in [-0.1, -0.05) is 121 Å². The average molecular weight is 650 g/mol. The topological polar surface area (TPSA) is 14.8 Å². The van der Waals surface area contributed by atoms with Crippen molar-refractivity contribution in [2.75, 3.05) is 0 Å². The molecule has 238 valence electrons. The fraction of sp³-hybridized carbons (Fsp3) is 0. The summed E-state index contributed by atoms with van der Waals surface area (Å²) in [5.41, 5.74) is 13.2. The van der Waals surface area contributed by atoms with E-state index in [-0.39, 0.29) is 0 Å². The van der Waals surface area contributed by atoms with Crippen molar-refractivity contribution in [1.82, 2.24) is 13.7 Å². The first-order valence-corrected chi connectivity index (χ1v) is 17.5. The summed E-state index contributed by atoms with van der Waals surface area (Å²) in [6.07, 6.45) is 0. The van der Waals surface area contributed by atoms with Crippen LogP contribution in [0.25, 0.3) is 93.6 Å². The Labute approximate surface area is 294 Å². The molecule has 11 aromatic rings. The lowest BCUT2D eigenvalue weighted by Crippen LogP contribution is -1.97. The van der Waals surface area contributed by atoms with Crippen LogP contribution in [0.15, 0.2) is 188 Å². The first kappa shape index (κ1) is 28.0. The van der Waals surface area contributed by atoms with E-state index in [1.54, 1.807) is 0 Å². The van der Waals surface area contributed by atoms with E-state index in [9.17, 15) is 0 Å². The molecule has 0 fully saturated rings. The molecule has 8 aromatic carbocycles. The fourth-order valence-corrected chi connectivity index (χ4v) is 8.44. The molecular formula is C48H31N3. The van der Waals surface area contributed by atoms with Crippen LogP contribution in [0.4, 0.5) is 0 Å². The van der Waals surface area contributed by atoms with Crippen molar-refractivity contribution in [3.8, 4) is 28.2 Å². The minimum Gasteiger partial charge on any atom is -0.309 e. The van der Waals surface area contributed by atoms with Gasteiger partial charge in [0.05, 0.1) is 38.8 Å². The molecule has 0 amide bonds. The maximum Gasteiger partial charge on any atom is 0.0562 e. The van der Waals surface area contributed by atoms with Gasteiger partial charge >= 0.3 is 0 Å². The van der Waals surface area contributed by atoms with Crippen LogP contribution in [0.2, 0.25) is 0 Å². The van der Waals surface area contributed by atoms with E-state index < -0.39 is 0 Å². The van der Waals surface area contributed by atoms with Gasteiger partial charge in [0.1, 0.15) is 0 Å². The van der Waals surface area contributed by atoms with Crippen LogP contribution >= 0.6 is 0 Å². The van der Waals surface area contributed by atoms with Gasteiger partial charge in [0.25, 0.3) is 0 Å². The molecule has 0 unspecified atom stereocenters. The SMILES string of the molecule is c1ccc(-c2ccc(-n3c4ccccc4c4c(-n5c6ccccc6c6cc7c(cc65)c5ccccc5n7-c5ccccc5)cccc43)cc2)cc1. The normalized spacial score (nSPS) is 11.9. The molecule has 0 bridgehead atoms. The van der Waals surface area contributed by atoms with Crippen molar-refractivity contribution >= 4 is 65.4 Å². The lowest BCUT2D eigenvalue weighted by molar-refractivity contribution is 1.17. The van der Waals surface area contributed by atoms with Gasteiger partial charge in [-0.3, -0.25) is 0 Å². The van der Waals surface area contributed by atoms with Crippen LogP contribution in [0.3, 0.4) is 0 Å². The summed E-state index contributed by atoms with van der Waals surface area (Å²) in [5.74, 6) is 0. The van der Waals surface area contributed by atoms with Gasteiger partial charge in [-0.2, -0.15) is 0 Å². The van der Waals surface area contributed by atoms with Crippen molar-refractivity contribution in [3.63, 3.8) is 0 Å². The Kier molecular flexibility index (Phi) is 5.96. The second-order valence-corrected chi connectivity index (χ2v) is 13.4. The molecule has 3 heteroatoms. The van der Waals surface area contributed by atoms with Gasteiger partial charge in [-0.25, -0.2) is 0 Å². The lowest BCUT2D eigenvalue weighted by atomic mass is 10.1. The molecule has 0 N–H and O–H groups in total. The van der Waals surface area contributed by atoms with E-state index in [1.165, 1.54) is 87.9 Å². The summed E-state index contributed by atoms with van der Waals surface area (Å²) < 4.78 is 7.33. The summed E-state index contributed by atoms with van der Waals surface area (Å²) in [6, 6.07) is 68.4. The highest BCUT2D eigenvalue weighted by Crippen LogP contribution is 2.42. The molecule has 3 aromatic heterocycles. The first-order chi connectivity index (χ1) is 25.3. The van der Waals surface area contributed by atoms with Crippen LogP contribution in [-0.4, -0.2) is 13.7 Å². The number of rotatable bonds is 4. The molecule has 11 rings (SSSR count). The number of nitrogens with zero attached hydrogens (tertiary/aromatic N) is 3. The predicted molar refractivity (Wildman–Crippen MR) is 215 cm³/mol. The minimum atomic E-state index is 1.15. The Bertz CT molecular complexity index is 3110. The summed E-state index contributed by atoms with van der Waals surface area (Å²) >= 11 is 0. The van der Waals surface area contributed by atoms with Gasteiger partial charge in [0, 0.05) is 43.7 Å². The number of para-hydroxylation sites is 4. The molecule has 0 aliphatic heterocycles. The number of hydrogen-bond donors (Lipinski definition) is 0. The zero-order valence-corrected chi connectivity index (χ0v) is 27.7. The highest BCUT2D eigenvalue weighted by atomic mass is 15.0. The van der Waals surface area contributed by atoms with Crippen LogP contribution < -0.4 is 0 Å². The molecule has 0 aliphatic carbocycles. The minimum absolute atomic E-state index is 1.15. The smallest absolute Gasteiger partial charge is 0.0562 e. The molecule has 0 aliphatic rings. The summed E-state index contributed by atoms with van der Waals surface area (Å²) in [4.78, 5) is 0. The van der Waals surface area contributed by atoms with Gasteiger partial charge in [0.15, 0.2) is 0 Å². The monoisotopic (exact) mass is 649 g/mol. The fourth-order valence-electron chi connectivity index (χ4n) is 8.44. The van der Waals surface area contributed by atoms with Crippen LogP contribution in [0.5, 0.6) is 0 Å². The maximum atomic E-state index is 2.50. The molecule has 0 spiro atoms. The molecule has 0 saturated carbocycles. The quantitative estimate of drug-likeness (QED) is 0.180. The molecule has 0 saturated heterocycles. The predicted octanol–water partition coefficient (Wildman–Crippen LogP) is 12.6. The number of aromatic nitrogens is 3. The Morgan fingerprint density at radius 3 is 1.37 bits per heavy atom. The number of fused-ring (bicyclic) bond motifs is 9. The van der Waals surface area contributed by atoms with E-state index in [0.29, 0.717) is 0 Å². The number of hydrogen-bond acceptors (Lipinski definition) is 0. The third-order valence-electron chi connectivity index (χ3n) is 10.6. The summed E-state index contributed by atoms with van der Waals surface area (Å²) in [6.45, 7) is 0. The van der Waals surface area contributed by atoms with Crippen molar-refractivity contribution in [3.05, 3.63) is 188 Å². The van der Waals surface area contributed by atoms with E-state index in [1.807, 2.05) is 0 Å². The van der Waals surface area contributed by atoms with E-state index in [2.05, 4.69) is 202 Å². The van der Waals surface area contributed by atoms with Crippen LogP contribution in [0, 0.1) is 0 Å². The first-order valence-electron chi connectivity index (χ1n) is 17.5. The van der Waals surface area contributed by atoms with Gasteiger partial charge in [0.2, 0.25) is 0 Å². The Balaban J connectivity index is 1.22.